The normalized spacial score (nSPS) is 16.8. The zero-order valence-corrected chi connectivity index (χ0v) is 20.5. The predicted octanol–water partition coefficient (Wildman–Crippen LogP) is 3.75. The molecule has 0 fully saturated rings. The minimum Gasteiger partial charge on any atom is -0.491 e. The van der Waals surface area contributed by atoms with Crippen molar-refractivity contribution in [2.24, 2.45) is 5.92 Å². The Kier molecular flexibility index (Phi) is 9.67. The van der Waals surface area contributed by atoms with Gasteiger partial charge in [-0.2, -0.15) is 0 Å². The van der Waals surface area contributed by atoms with Gasteiger partial charge in [0, 0.05) is 31.1 Å². The number of benzene rings is 1. The third-order valence-electron chi connectivity index (χ3n) is 5.83. The highest BCUT2D eigenvalue weighted by Crippen LogP contribution is 2.34. The van der Waals surface area contributed by atoms with Crippen molar-refractivity contribution in [1.29, 1.82) is 0 Å². The summed E-state index contributed by atoms with van der Waals surface area (Å²) in [7, 11) is 1.56. The molecule has 6 nitrogen and oxygen atoms in total. The van der Waals surface area contributed by atoms with E-state index in [2.05, 4.69) is 19.9 Å². The molecule has 1 aliphatic heterocycles. The molecule has 182 valence electrons. The summed E-state index contributed by atoms with van der Waals surface area (Å²) in [4.78, 5) is 18.6. The largest absolute Gasteiger partial charge is 0.491 e. The van der Waals surface area contributed by atoms with E-state index in [9.17, 15) is 14.3 Å². The Morgan fingerprint density at radius 2 is 2.18 bits per heavy atom. The van der Waals surface area contributed by atoms with Gasteiger partial charge in [0.15, 0.2) is 0 Å². The van der Waals surface area contributed by atoms with Crippen LogP contribution in [0.25, 0.3) is 0 Å². The van der Waals surface area contributed by atoms with E-state index in [1.807, 2.05) is 15.2 Å². The average molecular weight is 479 g/mol. The van der Waals surface area contributed by atoms with Crippen LogP contribution in [-0.4, -0.2) is 73.4 Å². The fourth-order valence-corrected chi connectivity index (χ4v) is 5.04. The van der Waals surface area contributed by atoms with Crippen molar-refractivity contribution in [2.45, 2.75) is 38.8 Å². The maximum absolute atomic E-state index is 13.6. The molecule has 3 rings (SSSR count). The number of fused-ring (bicyclic) bond motifs is 1. The Morgan fingerprint density at radius 3 is 2.91 bits per heavy atom. The number of carbonyl (C=O) groups excluding carboxylic acids is 1. The summed E-state index contributed by atoms with van der Waals surface area (Å²) in [6, 6.07) is 7.89. The highest BCUT2D eigenvalue weighted by Gasteiger charge is 2.33. The smallest absolute Gasteiger partial charge is 0.237 e. The highest BCUT2D eigenvalue weighted by atomic mass is 32.1. The van der Waals surface area contributed by atoms with Crippen molar-refractivity contribution in [3.05, 3.63) is 52.0 Å². The standard InChI is InChI=1S/C25H35FN2O4S/c1-18(2)7-10-27(14-20(29)16-31-3)15-25(30)28-11-8-24-22(9-12-33-24)23(28)17-32-21-6-4-5-19(26)13-21/h4-6,9,12-13,18,20,23,29H,7-8,10-11,14-17H2,1-3H3/t20-,23-/m0/s1. The van der Waals surface area contributed by atoms with Crippen molar-refractivity contribution in [2.75, 3.05) is 46.5 Å². The molecule has 0 aliphatic carbocycles. The van der Waals surface area contributed by atoms with Gasteiger partial charge in [0.1, 0.15) is 18.2 Å². The molecule has 0 radical (unpaired) electrons. The van der Waals surface area contributed by atoms with Crippen LogP contribution in [0.5, 0.6) is 5.75 Å². The number of methoxy groups -OCH3 is 1. The molecule has 1 amide bonds. The van der Waals surface area contributed by atoms with E-state index in [4.69, 9.17) is 9.47 Å². The summed E-state index contributed by atoms with van der Waals surface area (Å²) in [5.74, 6) is 0.604. The molecule has 2 aromatic rings. The Labute approximate surface area is 199 Å². The van der Waals surface area contributed by atoms with Crippen molar-refractivity contribution >= 4 is 17.2 Å². The van der Waals surface area contributed by atoms with Gasteiger partial charge in [-0.1, -0.05) is 19.9 Å². The summed E-state index contributed by atoms with van der Waals surface area (Å²) < 4.78 is 24.6. The summed E-state index contributed by atoms with van der Waals surface area (Å²) >= 11 is 1.70. The van der Waals surface area contributed by atoms with Crippen LogP contribution in [-0.2, 0) is 16.0 Å². The molecule has 0 saturated carbocycles. The number of aliphatic hydroxyl groups excluding tert-OH is 1. The number of ether oxygens (including phenoxy) is 2. The van der Waals surface area contributed by atoms with Crippen LogP contribution >= 0.6 is 11.3 Å². The molecule has 2 atom stereocenters. The molecule has 1 aromatic carbocycles. The van der Waals surface area contributed by atoms with Crippen LogP contribution < -0.4 is 4.74 Å². The number of nitrogens with zero attached hydrogens (tertiary/aromatic N) is 2. The van der Waals surface area contributed by atoms with E-state index in [-0.39, 0.29) is 37.5 Å². The van der Waals surface area contributed by atoms with Crippen molar-refractivity contribution in [1.82, 2.24) is 9.80 Å². The zero-order valence-electron chi connectivity index (χ0n) is 19.7. The number of carbonyl (C=O) groups is 1. The monoisotopic (exact) mass is 478 g/mol. The number of thiophene rings is 1. The number of aliphatic hydroxyl groups is 1. The van der Waals surface area contributed by atoms with Crippen LogP contribution in [0.2, 0.25) is 0 Å². The van der Waals surface area contributed by atoms with Crippen LogP contribution in [0, 0.1) is 11.7 Å². The first-order chi connectivity index (χ1) is 15.9. The summed E-state index contributed by atoms with van der Waals surface area (Å²) in [5, 5.41) is 12.3. The van der Waals surface area contributed by atoms with Gasteiger partial charge >= 0.3 is 0 Å². The van der Waals surface area contributed by atoms with Gasteiger partial charge in [-0.25, -0.2) is 4.39 Å². The fourth-order valence-electron chi connectivity index (χ4n) is 4.11. The Balaban J connectivity index is 1.72. The first-order valence-corrected chi connectivity index (χ1v) is 12.4. The highest BCUT2D eigenvalue weighted by molar-refractivity contribution is 7.10. The van der Waals surface area contributed by atoms with Gasteiger partial charge in [0.2, 0.25) is 5.91 Å². The molecule has 8 heteroatoms. The third-order valence-corrected chi connectivity index (χ3v) is 6.83. The van der Waals surface area contributed by atoms with Crippen LogP contribution in [0.1, 0.15) is 36.8 Å². The number of rotatable bonds is 12. The Bertz CT molecular complexity index is 891. The van der Waals surface area contributed by atoms with E-state index in [0.717, 1.165) is 24.9 Å². The molecule has 0 bridgehead atoms. The van der Waals surface area contributed by atoms with Gasteiger partial charge < -0.3 is 19.5 Å². The minimum absolute atomic E-state index is 0.00747. The molecule has 1 N–H and O–H groups in total. The minimum atomic E-state index is -0.646. The molecular weight excluding hydrogens is 443 g/mol. The number of hydrogen-bond donors (Lipinski definition) is 1. The second-order valence-corrected chi connectivity index (χ2v) is 9.95. The maximum atomic E-state index is 13.6. The lowest BCUT2D eigenvalue weighted by atomic mass is 10.00. The first-order valence-electron chi connectivity index (χ1n) is 11.5. The lowest BCUT2D eigenvalue weighted by Gasteiger charge is -2.37. The maximum Gasteiger partial charge on any atom is 0.237 e. The number of hydrogen-bond acceptors (Lipinski definition) is 6. The summed E-state index contributed by atoms with van der Waals surface area (Å²) in [5.41, 5.74) is 1.10. The number of halogens is 1. The average Bonchev–Trinajstić information content (AvgIpc) is 3.25. The molecular formula is C25H35FN2O4S. The van der Waals surface area contributed by atoms with E-state index in [1.54, 1.807) is 30.6 Å². The lowest BCUT2D eigenvalue weighted by Crippen LogP contribution is -2.48. The Hall–Kier alpha value is -2.00. The molecule has 0 spiro atoms. The van der Waals surface area contributed by atoms with Crippen LogP contribution in [0.15, 0.2) is 35.7 Å². The molecule has 1 aliphatic rings. The topological polar surface area (TPSA) is 62.2 Å². The second-order valence-electron chi connectivity index (χ2n) is 8.95. The molecule has 2 heterocycles. The number of amides is 1. The van der Waals surface area contributed by atoms with Gasteiger partial charge in [0.05, 0.1) is 25.3 Å². The zero-order chi connectivity index (χ0) is 23.8. The molecule has 1 aromatic heterocycles. The molecule has 0 saturated heterocycles. The van der Waals surface area contributed by atoms with Gasteiger partial charge in [-0.3, -0.25) is 9.69 Å². The van der Waals surface area contributed by atoms with Gasteiger partial charge in [-0.05, 0) is 54.4 Å². The van der Waals surface area contributed by atoms with Crippen molar-refractivity contribution in [3.8, 4) is 5.75 Å². The lowest BCUT2D eigenvalue weighted by molar-refractivity contribution is -0.136. The van der Waals surface area contributed by atoms with Crippen molar-refractivity contribution < 1.29 is 23.8 Å². The molecule has 0 unspecified atom stereocenters. The van der Waals surface area contributed by atoms with E-state index in [0.29, 0.717) is 24.8 Å². The Morgan fingerprint density at radius 1 is 1.36 bits per heavy atom. The second kappa shape index (κ2) is 12.5. The van der Waals surface area contributed by atoms with Gasteiger partial charge in [0.25, 0.3) is 0 Å². The fraction of sp³-hybridized carbons (Fsp3) is 0.560. The van der Waals surface area contributed by atoms with E-state index in [1.165, 1.54) is 17.0 Å². The quantitative estimate of drug-likeness (QED) is 0.504. The van der Waals surface area contributed by atoms with Crippen LogP contribution in [0.4, 0.5) is 4.39 Å². The summed E-state index contributed by atoms with van der Waals surface area (Å²) in [6.45, 7) is 6.74. The van der Waals surface area contributed by atoms with E-state index >= 15 is 0 Å². The first kappa shape index (κ1) is 25.6. The summed E-state index contributed by atoms with van der Waals surface area (Å²) in [6.07, 6.45) is 1.10. The van der Waals surface area contributed by atoms with Gasteiger partial charge in [-0.15, -0.1) is 11.3 Å². The van der Waals surface area contributed by atoms with Crippen LogP contribution in [0.3, 0.4) is 0 Å². The van der Waals surface area contributed by atoms with E-state index < -0.39 is 6.10 Å². The molecule has 33 heavy (non-hydrogen) atoms. The predicted molar refractivity (Wildman–Crippen MR) is 128 cm³/mol. The SMILES string of the molecule is COC[C@@H](O)CN(CCC(C)C)CC(=O)N1CCc2sccc2[C@@H]1COc1cccc(F)c1. The third kappa shape index (κ3) is 7.50. The van der Waals surface area contributed by atoms with Crippen molar-refractivity contribution in [3.63, 3.8) is 0 Å².